The average molecular weight is 534 g/mol. The third-order valence-corrected chi connectivity index (χ3v) is 7.50. The predicted molar refractivity (Wildman–Crippen MR) is 146 cm³/mol. The Hall–Kier alpha value is -4.19. The Morgan fingerprint density at radius 2 is 1.92 bits per heavy atom. The molecule has 1 atom stereocenters. The first kappa shape index (κ1) is 27.8. The quantitative estimate of drug-likeness (QED) is 0.245. The lowest BCUT2D eigenvalue weighted by Gasteiger charge is -2.26. The van der Waals surface area contributed by atoms with Crippen molar-refractivity contribution in [1.29, 1.82) is 0 Å². The van der Waals surface area contributed by atoms with Crippen LogP contribution in [0.2, 0.25) is 0 Å². The van der Waals surface area contributed by atoms with Gasteiger partial charge in [-0.1, -0.05) is 26.8 Å². The van der Waals surface area contributed by atoms with Gasteiger partial charge in [-0.2, -0.15) is 14.7 Å². The second kappa shape index (κ2) is 11.3. The molecule has 0 unspecified atom stereocenters. The van der Waals surface area contributed by atoms with E-state index in [0.717, 1.165) is 5.56 Å². The summed E-state index contributed by atoms with van der Waals surface area (Å²) in [7, 11) is 1.72. The van der Waals surface area contributed by atoms with Gasteiger partial charge in [0, 0.05) is 30.4 Å². The van der Waals surface area contributed by atoms with Crippen LogP contribution in [0.4, 0.5) is 5.82 Å². The van der Waals surface area contributed by atoms with Gasteiger partial charge in [-0.3, -0.25) is 19.7 Å². The van der Waals surface area contributed by atoms with Crippen LogP contribution in [0.5, 0.6) is 0 Å². The molecule has 4 heterocycles. The molecule has 0 aromatic carbocycles. The molecule has 0 aliphatic heterocycles. The Labute approximate surface area is 226 Å². The van der Waals surface area contributed by atoms with Crippen LogP contribution in [0.1, 0.15) is 85.7 Å². The van der Waals surface area contributed by atoms with E-state index in [1.54, 1.807) is 24.3 Å². The summed E-state index contributed by atoms with van der Waals surface area (Å²) in [4.78, 5) is 40.4. The summed E-state index contributed by atoms with van der Waals surface area (Å²) in [5.74, 6) is -0.0912. The molecule has 39 heavy (non-hydrogen) atoms. The van der Waals surface area contributed by atoms with Gasteiger partial charge in [0.1, 0.15) is 17.7 Å². The number of ketones is 1. The highest BCUT2D eigenvalue weighted by Crippen LogP contribution is 2.31. The number of anilines is 1. The number of nitrogens with two attached hydrogens (primary N) is 1. The van der Waals surface area contributed by atoms with Gasteiger partial charge in [0.25, 0.3) is 5.91 Å². The van der Waals surface area contributed by atoms with Crippen molar-refractivity contribution >= 4 is 23.2 Å². The Morgan fingerprint density at radius 1 is 1.18 bits per heavy atom. The third kappa shape index (κ3) is 5.24. The minimum Gasteiger partial charge on any atom is -0.384 e. The van der Waals surface area contributed by atoms with E-state index in [4.69, 9.17) is 10.7 Å². The summed E-state index contributed by atoms with van der Waals surface area (Å²) >= 11 is 0. The van der Waals surface area contributed by atoms with Crippen molar-refractivity contribution in [2.45, 2.75) is 71.4 Å². The van der Waals surface area contributed by atoms with Gasteiger partial charge in [0.05, 0.1) is 23.1 Å². The topological polar surface area (TPSA) is 168 Å². The molecule has 4 aromatic rings. The van der Waals surface area contributed by atoms with E-state index < -0.39 is 5.60 Å². The van der Waals surface area contributed by atoms with Gasteiger partial charge >= 0.3 is 0 Å². The Balaban J connectivity index is 1.68. The standard InChI is InChI=1S/C27H35N9O3/c1-6-18(35(5)26(38)24-30-15-31-34-24)10-11-20-22(16(4)37)23(28)36-25(33-20)19(14-32-36)17-9-12-21(29-13-17)27(39,7-2)8-3/h9,12-15,18,39H,6-8,10-11,28H2,1-5H3,(H,30,31,34)/t18-/m1/s1. The van der Waals surface area contributed by atoms with Gasteiger partial charge in [0.2, 0.25) is 5.82 Å². The summed E-state index contributed by atoms with van der Waals surface area (Å²) in [5, 5.41) is 21.6. The SMILES string of the molecule is CC[C@H](CCc1nc2c(-c3ccc(C(O)(CC)CC)nc3)cnn2c(N)c1C(C)=O)N(C)C(=O)c1ncn[nH]1. The number of carbonyl (C=O) groups excluding carboxylic acids is 2. The number of aromatic amines is 1. The molecule has 12 nitrogen and oxygen atoms in total. The number of hydrogen-bond donors (Lipinski definition) is 3. The zero-order valence-electron chi connectivity index (χ0n) is 23.0. The molecule has 4 rings (SSSR count). The molecule has 0 aliphatic carbocycles. The van der Waals surface area contributed by atoms with Gasteiger partial charge in [-0.05, 0) is 45.1 Å². The molecular weight excluding hydrogens is 498 g/mol. The number of amides is 1. The number of nitrogens with zero attached hydrogens (tertiary/aromatic N) is 7. The van der Waals surface area contributed by atoms with Crippen molar-refractivity contribution in [2.24, 2.45) is 0 Å². The average Bonchev–Trinajstić information content (AvgIpc) is 3.63. The highest BCUT2D eigenvalue weighted by atomic mass is 16.3. The maximum Gasteiger partial charge on any atom is 0.291 e. The number of carbonyl (C=O) groups is 2. The molecule has 1 amide bonds. The summed E-state index contributed by atoms with van der Waals surface area (Å²) < 4.78 is 1.47. The largest absolute Gasteiger partial charge is 0.384 e. The first-order chi connectivity index (χ1) is 18.6. The summed E-state index contributed by atoms with van der Waals surface area (Å²) in [6.45, 7) is 7.30. The van der Waals surface area contributed by atoms with Crippen molar-refractivity contribution in [1.82, 2.24) is 39.7 Å². The van der Waals surface area contributed by atoms with E-state index in [9.17, 15) is 14.7 Å². The summed E-state index contributed by atoms with van der Waals surface area (Å²) in [6.07, 6.45) is 7.42. The number of Topliss-reactive ketones (excluding diaryl/α,β-unsaturated/α-hetero) is 1. The van der Waals surface area contributed by atoms with Gasteiger partial charge in [0.15, 0.2) is 11.4 Å². The number of H-pyrrole nitrogens is 1. The van der Waals surface area contributed by atoms with E-state index in [-0.39, 0.29) is 29.4 Å². The Kier molecular flexibility index (Phi) is 8.05. The van der Waals surface area contributed by atoms with E-state index >= 15 is 0 Å². The number of hydrogen-bond acceptors (Lipinski definition) is 9. The maximum atomic E-state index is 12.8. The predicted octanol–water partition coefficient (Wildman–Crippen LogP) is 3.19. The first-order valence-corrected chi connectivity index (χ1v) is 13.1. The lowest BCUT2D eigenvalue weighted by atomic mass is 9.92. The van der Waals surface area contributed by atoms with Crippen LogP contribution in [0.15, 0.2) is 30.9 Å². The molecule has 4 aromatic heterocycles. The van der Waals surface area contributed by atoms with Crippen molar-refractivity contribution in [3.05, 3.63) is 53.6 Å². The minimum atomic E-state index is -0.982. The van der Waals surface area contributed by atoms with Crippen molar-refractivity contribution in [2.75, 3.05) is 12.8 Å². The third-order valence-electron chi connectivity index (χ3n) is 7.50. The summed E-state index contributed by atoms with van der Waals surface area (Å²) in [5.41, 5.74) is 8.91. The van der Waals surface area contributed by atoms with Gasteiger partial charge < -0.3 is 15.7 Å². The smallest absolute Gasteiger partial charge is 0.291 e. The van der Waals surface area contributed by atoms with Crippen molar-refractivity contribution in [3.63, 3.8) is 0 Å². The van der Waals surface area contributed by atoms with E-state index in [1.165, 1.54) is 17.8 Å². The number of nitrogen functional groups attached to an aromatic ring is 1. The van der Waals surface area contributed by atoms with Crippen molar-refractivity contribution in [3.8, 4) is 11.1 Å². The molecule has 4 N–H and O–H groups in total. The van der Waals surface area contributed by atoms with E-state index in [1.807, 2.05) is 32.9 Å². The molecule has 0 spiro atoms. The van der Waals surface area contributed by atoms with E-state index in [2.05, 4.69) is 25.3 Å². The van der Waals surface area contributed by atoms with Crippen LogP contribution in [-0.4, -0.2) is 69.5 Å². The first-order valence-electron chi connectivity index (χ1n) is 13.1. The normalized spacial score (nSPS) is 12.6. The number of nitrogens with one attached hydrogen (secondary N) is 1. The highest BCUT2D eigenvalue weighted by molar-refractivity contribution is 6.00. The van der Waals surface area contributed by atoms with Crippen LogP contribution in [0, 0.1) is 0 Å². The zero-order chi connectivity index (χ0) is 28.3. The van der Waals surface area contributed by atoms with Crippen LogP contribution in [0.25, 0.3) is 16.8 Å². The number of aryl methyl sites for hydroxylation is 1. The summed E-state index contributed by atoms with van der Waals surface area (Å²) in [6, 6.07) is 3.56. The van der Waals surface area contributed by atoms with Crippen LogP contribution in [0.3, 0.4) is 0 Å². The van der Waals surface area contributed by atoms with Crippen LogP contribution >= 0.6 is 0 Å². The van der Waals surface area contributed by atoms with E-state index in [0.29, 0.717) is 60.3 Å². The Morgan fingerprint density at radius 3 is 2.49 bits per heavy atom. The molecule has 12 heteroatoms. The second-order valence-electron chi connectivity index (χ2n) is 9.69. The highest BCUT2D eigenvalue weighted by Gasteiger charge is 2.27. The van der Waals surface area contributed by atoms with Crippen LogP contribution in [-0.2, 0) is 12.0 Å². The molecule has 0 bridgehead atoms. The molecular formula is C27H35N9O3. The molecule has 0 saturated carbocycles. The lowest BCUT2D eigenvalue weighted by molar-refractivity contribution is 0.0240. The molecule has 0 saturated heterocycles. The lowest BCUT2D eigenvalue weighted by Crippen LogP contribution is -2.37. The fourth-order valence-electron chi connectivity index (χ4n) is 4.89. The fourth-order valence-corrected chi connectivity index (χ4v) is 4.89. The van der Waals surface area contributed by atoms with Crippen LogP contribution < -0.4 is 5.73 Å². The fraction of sp³-hybridized carbons (Fsp3) is 0.444. The maximum absolute atomic E-state index is 12.8. The molecule has 0 radical (unpaired) electrons. The molecule has 206 valence electrons. The van der Waals surface area contributed by atoms with Gasteiger partial charge in [-0.25, -0.2) is 9.97 Å². The minimum absolute atomic E-state index is 0.126. The number of aliphatic hydroxyl groups is 1. The second-order valence-corrected chi connectivity index (χ2v) is 9.69. The van der Waals surface area contributed by atoms with Crippen molar-refractivity contribution < 1.29 is 14.7 Å². The molecule has 0 aliphatic rings. The number of pyridine rings is 1. The number of fused-ring (bicyclic) bond motifs is 1. The zero-order valence-corrected chi connectivity index (χ0v) is 23.0. The van der Waals surface area contributed by atoms with Gasteiger partial charge in [-0.15, -0.1) is 0 Å². The number of rotatable bonds is 11. The Bertz CT molecular complexity index is 1460. The monoisotopic (exact) mass is 533 g/mol. The number of aromatic nitrogens is 7. The molecule has 0 fully saturated rings.